The number of nitrogens with zero attached hydrogens (tertiary/aromatic N) is 3. The summed E-state index contributed by atoms with van der Waals surface area (Å²) in [6.45, 7) is 4.00. The SMILES string of the molecule is CCCCOC(=O)c1ccc2nc(NC(=O)c3cc([N+](=O)[O-])ccc3N3CCCC3)sc2c1. The van der Waals surface area contributed by atoms with Crippen LogP contribution in [0.1, 0.15) is 53.3 Å². The fourth-order valence-electron chi connectivity index (χ4n) is 3.72. The molecule has 1 aromatic heterocycles. The number of amides is 1. The monoisotopic (exact) mass is 468 g/mol. The summed E-state index contributed by atoms with van der Waals surface area (Å²) in [5, 5.41) is 14.4. The highest BCUT2D eigenvalue weighted by Gasteiger charge is 2.23. The third-order valence-corrected chi connectivity index (χ3v) is 6.39. The van der Waals surface area contributed by atoms with E-state index in [-0.39, 0.29) is 11.3 Å². The van der Waals surface area contributed by atoms with Gasteiger partial charge in [0.05, 0.1) is 38.6 Å². The van der Waals surface area contributed by atoms with Gasteiger partial charge in [-0.3, -0.25) is 20.2 Å². The molecule has 1 aliphatic heterocycles. The first kappa shape index (κ1) is 22.7. The Morgan fingerprint density at radius 3 is 2.73 bits per heavy atom. The number of nitro benzene ring substituents is 1. The van der Waals surface area contributed by atoms with E-state index >= 15 is 0 Å². The Labute approximate surface area is 194 Å². The molecular weight excluding hydrogens is 444 g/mol. The molecule has 1 N–H and O–H groups in total. The zero-order chi connectivity index (χ0) is 23.4. The maximum absolute atomic E-state index is 13.1. The summed E-state index contributed by atoms with van der Waals surface area (Å²) >= 11 is 1.23. The van der Waals surface area contributed by atoms with Crippen molar-refractivity contribution in [3.63, 3.8) is 0 Å². The lowest BCUT2D eigenvalue weighted by molar-refractivity contribution is -0.384. The second-order valence-electron chi connectivity index (χ2n) is 7.80. The standard InChI is InChI=1S/C23H24N4O5S/c1-2-3-12-32-22(29)15-6-8-18-20(13-15)33-23(24-18)25-21(28)17-14-16(27(30)31)7-9-19(17)26-10-4-5-11-26/h6-9,13-14H,2-5,10-12H2,1H3,(H,24,25,28). The van der Waals surface area contributed by atoms with Crippen molar-refractivity contribution in [3.8, 4) is 0 Å². The second kappa shape index (κ2) is 9.95. The number of non-ortho nitro benzene ring substituents is 1. The van der Waals surface area contributed by atoms with Gasteiger partial charge in [0.25, 0.3) is 11.6 Å². The quantitative estimate of drug-likeness (QED) is 0.214. The first-order chi connectivity index (χ1) is 16.0. The highest BCUT2D eigenvalue weighted by Crippen LogP contribution is 2.31. The van der Waals surface area contributed by atoms with Crippen molar-refractivity contribution in [2.45, 2.75) is 32.6 Å². The molecule has 3 aromatic rings. The fourth-order valence-corrected chi connectivity index (χ4v) is 4.62. The van der Waals surface area contributed by atoms with Crippen LogP contribution in [0.3, 0.4) is 0 Å². The van der Waals surface area contributed by atoms with Gasteiger partial charge in [-0.05, 0) is 43.5 Å². The second-order valence-corrected chi connectivity index (χ2v) is 8.83. The number of carbonyl (C=O) groups excluding carboxylic acids is 2. The van der Waals surface area contributed by atoms with Crippen molar-refractivity contribution in [1.29, 1.82) is 0 Å². The van der Waals surface area contributed by atoms with Crippen LogP contribution in [0.25, 0.3) is 10.2 Å². The number of carbonyl (C=O) groups is 2. The van der Waals surface area contributed by atoms with Gasteiger partial charge in [0.1, 0.15) is 0 Å². The number of nitro groups is 1. The Bertz CT molecular complexity index is 1200. The van der Waals surface area contributed by atoms with E-state index in [2.05, 4.69) is 15.2 Å². The number of unbranched alkanes of at least 4 members (excludes halogenated alkanes) is 1. The van der Waals surface area contributed by atoms with Crippen LogP contribution in [0, 0.1) is 10.1 Å². The highest BCUT2D eigenvalue weighted by molar-refractivity contribution is 7.22. The van der Waals surface area contributed by atoms with E-state index in [1.54, 1.807) is 24.3 Å². The van der Waals surface area contributed by atoms with Gasteiger partial charge in [0.2, 0.25) is 0 Å². The molecule has 0 aliphatic carbocycles. The number of fused-ring (bicyclic) bond motifs is 1. The third kappa shape index (κ3) is 5.11. The van der Waals surface area contributed by atoms with Crippen LogP contribution in [0.5, 0.6) is 0 Å². The van der Waals surface area contributed by atoms with Gasteiger partial charge in [0, 0.05) is 25.2 Å². The zero-order valence-corrected chi connectivity index (χ0v) is 19.0. The van der Waals surface area contributed by atoms with Crippen LogP contribution < -0.4 is 10.2 Å². The fraction of sp³-hybridized carbons (Fsp3) is 0.348. The largest absolute Gasteiger partial charge is 0.462 e. The molecular formula is C23H24N4O5S. The average molecular weight is 469 g/mol. The van der Waals surface area contributed by atoms with Crippen LogP contribution in [0.15, 0.2) is 36.4 Å². The minimum absolute atomic E-state index is 0.140. The lowest BCUT2D eigenvalue weighted by Crippen LogP contribution is -2.23. The molecule has 0 saturated carbocycles. The van der Waals surface area contributed by atoms with Crippen LogP contribution in [0.2, 0.25) is 0 Å². The van der Waals surface area contributed by atoms with Gasteiger partial charge in [-0.15, -0.1) is 0 Å². The van der Waals surface area contributed by atoms with E-state index < -0.39 is 16.8 Å². The molecule has 0 spiro atoms. The highest BCUT2D eigenvalue weighted by atomic mass is 32.1. The summed E-state index contributed by atoms with van der Waals surface area (Å²) < 4.78 is 5.99. The molecule has 0 unspecified atom stereocenters. The Hall–Kier alpha value is -3.53. The number of hydrogen-bond donors (Lipinski definition) is 1. The Morgan fingerprint density at radius 2 is 2.00 bits per heavy atom. The summed E-state index contributed by atoms with van der Waals surface area (Å²) in [4.78, 5) is 42.6. The average Bonchev–Trinajstić information content (AvgIpc) is 3.47. The molecule has 1 amide bonds. The Kier molecular flexibility index (Phi) is 6.83. The van der Waals surface area contributed by atoms with Crippen molar-refractivity contribution >= 4 is 49.9 Å². The Balaban J connectivity index is 1.56. The smallest absolute Gasteiger partial charge is 0.338 e. The lowest BCUT2D eigenvalue weighted by Gasteiger charge is -2.20. The number of ether oxygens (including phenoxy) is 1. The molecule has 2 aromatic carbocycles. The molecule has 0 atom stereocenters. The van der Waals surface area contributed by atoms with E-state index in [9.17, 15) is 19.7 Å². The summed E-state index contributed by atoms with van der Waals surface area (Å²) in [5.74, 6) is -0.852. The number of nitrogens with one attached hydrogen (secondary N) is 1. The number of anilines is 2. The van der Waals surface area contributed by atoms with Gasteiger partial charge in [-0.2, -0.15) is 0 Å². The molecule has 2 heterocycles. The van der Waals surface area contributed by atoms with Gasteiger partial charge < -0.3 is 9.64 Å². The maximum Gasteiger partial charge on any atom is 0.338 e. The van der Waals surface area contributed by atoms with Crippen molar-refractivity contribution in [1.82, 2.24) is 4.98 Å². The summed E-state index contributed by atoms with van der Waals surface area (Å²) in [6.07, 6.45) is 3.77. The number of aromatic nitrogens is 1. The molecule has 1 fully saturated rings. The van der Waals surface area contributed by atoms with E-state index in [0.29, 0.717) is 28.5 Å². The van der Waals surface area contributed by atoms with E-state index in [0.717, 1.165) is 43.5 Å². The Morgan fingerprint density at radius 1 is 1.21 bits per heavy atom. The molecule has 10 heteroatoms. The zero-order valence-electron chi connectivity index (χ0n) is 18.2. The summed E-state index contributed by atoms with van der Waals surface area (Å²) in [7, 11) is 0. The number of thiazole rings is 1. The summed E-state index contributed by atoms with van der Waals surface area (Å²) in [5.41, 5.74) is 1.84. The van der Waals surface area contributed by atoms with E-state index in [1.807, 2.05) is 6.92 Å². The summed E-state index contributed by atoms with van der Waals surface area (Å²) in [6, 6.07) is 9.41. The van der Waals surface area contributed by atoms with Crippen LogP contribution in [-0.2, 0) is 4.74 Å². The molecule has 33 heavy (non-hydrogen) atoms. The minimum Gasteiger partial charge on any atom is -0.462 e. The van der Waals surface area contributed by atoms with Crippen molar-refractivity contribution < 1.29 is 19.2 Å². The predicted octanol–water partition coefficient (Wildman–Crippen LogP) is 5.01. The number of rotatable bonds is 8. The van der Waals surface area contributed by atoms with Crippen molar-refractivity contribution in [2.24, 2.45) is 0 Å². The first-order valence-electron chi connectivity index (χ1n) is 10.9. The molecule has 9 nitrogen and oxygen atoms in total. The van der Waals surface area contributed by atoms with Gasteiger partial charge >= 0.3 is 5.97 Å². The predicted molar refractivity (Wildman–Crippen MR) is 127 cm³/mol. The molecule has 172 valence electrons. The van der Waals surface area contributed by atoms with E-state index in [4.69, 9.17) is 4.74 Å². The van der Waals surface area contributed by atoms with Gasteiger partial charge in [-0.25, -0.2) is 9.78 Å². The topological polar surface area (TPSA) is 115 Å². The van der Waals surface area contributed by atoms with Crippen LogP contribution in [0.4, 0.5) is 16.5 Å². The van der Waals surface area contributed by atoms with Crippen molar-refractivity contribution in [2.75, 3.05) is 29.9 Å². The van der Waals surface area contributed by atoms with Crippen molar-refractivity contribution in [3.05, 3.63) is 57.6 Å². The number of benzene rings is 2. The molecule has 1 aliphatic rings. The number of esters is 1. The first-order valence-corrected chi connectivity index (χ1v) is 11.7. The molecule has 1 saturated heterocycles. The molecule has 0 bridgehead atoms. The normalized spacial score (nSPS) is 13.3. The molecule has 0 radical (unpaired) electrons. The minimum atomic E-state index is -0.511. The maximum atomic E-state index is 13.1. The van der Waals surface area contributed by atoms with Crippen LogP contribution >= 0.6 is 11.3 Å². The molecule has 4 rings (SSSR count). The lowest BCUT2D eigenvalue weighted by atomic mass is 10.1. The van der Waals surface area contributed by atoms with Crippen LogP contribution in [-0.4, -0.2) is 41.5 Å². The van der Waals surface area contributed by atoms with E-state index in [1.165, 1.54) is 23.5 Å². The van der Waals surface area contributed by atoms with Gasteiger partial charge in [-0.1, -0.05) is 24.7 Å². The third-order valence-electron chi connectivity index (χ3n) is 5.46. The van der Waals surface area contributed by atoms with Gasteiger partial charge in [0.15, 0.2) is 5.13 Å². The number of hydrogen-bond acceptors (Lipinski definition) is 8.